The minimum atomic E-state index is -0.610. The van der Waals surface area contributed by atoms with Gasteiger partial charge in [-0.05, 0) is 56.6 Å². The zero-order chi connectivity index (χ0) is 26.0. The van der Waals surface area contributed by atoms with Gasteiger partial charge in [0.05, 0.1) is 16.6 Å². The number of benzene rings is 1. The van der Waals surface area contributed by atoms with Crippen LogP contribution in [0.2, 0.25) is 0 Å². The number of nitrogens with one attached hydrogen (secondary N) is 2. The molecular weight excluding hydrogens is 474 g/mol. The lowest BCUT2D eigenvalue weighted by Gasteiger charge is -2.38. The Hall–Kier alpha value is -2.06. The molecule has 3 saturated heterocycles. The normalized spacial score (nSPS) is 30.5. The van der Waals surface area contributed by atoms with E-state index >= 15 is 0 Å². The van der Waals surface area contributed by atoms with Crippen molar-refractivity contribution in [2.24, 2.45) is 17.8 Å². The molecule has 3 fully saturated rings. The molecule has 0 aliphatic carbocycles. The van der Waals surface area contributed by atoms with Gasteiger partial charge in [-0.25, -0.2) is 0 Å². The van der Waals surface area contributed by atoms with Gasteiger partial charge in [0.2, 0.25) is 17.7 Å². The molecule has 0 radical (unpaired) electrons. The summed E-state index contributed by atoms with van der Waals surface area (Å²) in [5, 5.41) is 15.4. The number of amides is 3. The first-order valence-electron chi connectivity index (χ1n) is 13.5. The predicted molar refractivity (Wildman–Crippen MR) is 144 cm³/mol. The number of unbranched alkanes of at least 4 members (excludes halogenated alkanes) is 3. The van der Waals surface area contributed by atoms with Gasteiger partial charge in [0.1, 0.15) is 6.04 Å². The van der Waals surface area contributed by atoms with Crippen molar-refractivity contribution in [1.29, 1.82) is 0 Å². The molecule has 2 bridgehead atoms. The third kappa shape index (κ3) is 4.55. The average molecular weight is 516 g/mol. The summed E-state index contributed by atoms with van der Waals surface area (Å²) < 4.78 is -0.595. The van der Waals surface area contributed by atoms with Crippen molar-refractivity contribution in [3.05, 3.63) is 29.3 Å². The first kappa shape index (κ1) is 27.0. The highest BCUT2D eigenvalue weighted by atomic mass is 32.2. The lowest BCUT2D eigenvalue weighted by Crippen LogP contribution is -2.55. The number of nitrogens with zero attached hydrogens (tertiary/aromatic N) is 1. The van der Waals surface area contributed by atoms with Gasteiger partial charge in [-0.2, -0.15) is 0 Å². The number of hydrogen-bond acceptors (Lipinski definition) is 5. The number of carbonyl (C=O) groups is 3. The molecule has 6 atom stereocenters. The smallest absolute Gasteiger partial charge is 0.248 e. The van der Waals surface area contributed by atoms with Gasteiger partial charge in [-0.15, -0.1) is 11.8 Å². The topological polar surface area (TPSA) is 98.7 Å². The Labute approximate surface area is 219 Å². The summed E-state index contributed by atoms with van der Waals surface area (Å²) >= 11 is 1.72. The number of aliphatic hydroxyl groups excluding tert-OH is 1. The summed E-state index contributed by atoms with van der Waals surface area (Å²) in [7, 11) is 0. The quantitative estimate of drug-likeness (QED) is 0.391. The maximum Gasteiger partial charge on any atom is 0.248 e. The van der Waals surface area contributed by atoms with Crippen LogP contribution in [-0.4, -0.2) is 63.5 Å². The molecule has 3 unspecified atom stereocenters. The Bertz CT molecular complexity index is 981. The van der Waals surface area contributed by atoms with Crippen LogP contribution in [0.3, 0.4) is 0 Å². The molecule has 3 aliphatic rings. The van der Waals surface area contributed by atoms with E-state index in [9.17, 15) is 14.4 Å². The van der Waals surface area contributed by atoms with E-state index in [4.69, 9.17) is 5.11 Å². The van der Waals surface area contributed by atoms with Crippen LogP contribution in [-0.2, 0) is 14.4 Å². The minimum absolute atomic E-state index is 0.0415. The molecule has 7 nitrogen and oxygen atoms in total. The third-order valence-corrected chi connectivity index (χ3v) is 10.5. The molecule has 3 N–H and O–H groups in total. The molecule has 0 saturated carbocycles. The molecule has 0 aromatic heterocycles. The number of thioether (sulfide) groups is 1. The Morgan fingerprint density at radius 1 is 1.14 bits per heavy atom. The highest BCUT2D eigenvalue weighted by Gasteiger charge is 2.75. The Balaban J connectivity index is 1.67. The van der Waals surface area contributed by atoms with Crippen molar-refractivity contribution in [1.82, 2.24) is 10.2 Å². The highest BCUT2D eigenvalue weighted by Crippen LogP contribution is 2.68. The van der Waals surface area contributed by atoms with Gasteiger partial charge >= 0.3 is 0 Å². The predicted octanol–water partition coefficient (Wildman–Crippen LogP) is 3.66. The van der Waals surface area contributed by atoms with Crippen LogP contribution >= 0.6 is 11.8 Å². The molecule has 1 aromatic rings. The fraction of sp³-hybridized carbons (Fsp3) is 0.679. The molecule has 3 amide bonds. The van der Waals surface area contributed by atoms with E-state index < -0.39 is 16.7 Å². The van der Waals surface area contributed by atoms with Gasteiger partial charge in [-0.3, -0.25) is 14.4 Å². The second kappa shape index (κ2) is 11.1. The molecule has 3 aliphatic heterocycles. The van der Waals surface area contributed by atoms with Crippen molar-refractivity contribution < 1.29 is 19.5 Å². The number of hydrogen-bond donors (Lipinski definition) is 3. The summed E-state index contributed by atoms with van der Waals surface area (Å²) in [4.78, 5) is 43.2. The molecule has 198 valence electrons. The summed E-state index contributed by atoms with van der Waals surface area (Å²) in [6.45, 7) is 9.39. The van der Waals surface area contributed by atoms with Crippen LogP contribution in [0.5, 0.6) is 0 Å². The Morgan fingerprint density at radius 2 is 1.83 bits per heavy atom. The molecule has 1 spiro atoms. The zero-order valence-corrected chi connectivity index (χ0v) is 22.8. The lowest BCUT2D eigenvalue weighted by molar-refractivity contribution is -0.139. The summed E-state index contributed by atoms with van der Waals surface area (Å²) in [6.07, 6.45) is 4.98. The maximum absolute atomic E-state index is 14.1. The van der Waals surface area contributed by atoms with Crippen molar-refractivity contribution in [2.45, 2.75) is 82.3 Å². The van der Waals surface area contributed by atoms with Crippen molar-refractivity contribution >= 4 is 35.2 Å². The van der Waals surface area contributed by atoms with E-state index in [1.165, 1.54) is 0 Å². The highest BCUT2D eigenvalue weighted by molar-refractivity contribution is 8.02. The SMILES string of the molecule is CCCNC(=O)[C@@H]1[C@H]2C(=O)N(CCCCCCO)C(C(=O)Nc3c(C)cccc3C)C23S[C@@H]1CC3C. The van der Waals surface area contributed by atoms with Gasteiger partial charge in [0.25, 0.3) is 0 Å². The number of aryl methyl sites for hydroxylation is 2. The molecule has 8 heteroatoms. The van der Waals surface area contributed by atoms with Crippen LogP contribution in [0.4, 0.5) is 5.69 Å². The number of rotatable bonds is 11. The largest absolute Gasteiger partial charge is 0.396 e. The van der Waals surface area contributed by atoms with Crippen molar-refractivity contribution in [3.8, 4) is 0 Å². The number of aliphatic hydroxyl groups is 1. The van der Waals surface area contributed by atoms with E-state index in [1.54, 1.807) is 16.7 Å². The van der Waals surface area contributed by atoms with E-state index in [-0.39, 0.29) is 41.4 Å². The average Bonchev–Trinajstić information content (AvgIpc) is 3.43. The van der Waals surface area contributed by atoms with E-state index in [0.717, 1.165) is 55.3 Å². The summed E-state index contributed by atoms with van der Waals surface area (Å²) in [5.74, 6) is -0.936. The van der Waals surface area contributed by atoms with Gasteiger partial charge in [0, 0.05) is 30.6 Å². The molecule has 1 aromatic carbocycles. The van der Waals surface area contributed by atoms with Crippen LogP contribution in [0, 0.1) is 31.6 Å². The molecule has 3 heterocycles. The fourth-order valence-corrected chi connectivity index (χ4v) is 9.10. The van der Waals surface area contributed by atoms with E-state index in [0.29, 0.717) is 13.1 Å². The standard InChI is InChI=1S/C28H41N3O4S/c1-5-13-29-25(33)21-20-16-19(4)28(36-20)22(21)27(35)31(14-8-6-7-9-15-32)24(28)26(34)30-23-17(2)11-10-12-18(23)3/h10-12,19-22,24,32H,5-9,13-16H2,1-4H3,(H,29,33)(H,30,34)/t19?,20-,21+,22+,24?,28?/m1/s1. The Kier molecular flexibility index (Phi) is 8.35. The second-order valence-electron chi connectivity index (χ2n) is 10.8. The monoisotopic (exact) mass is 515 g/mol. The first-order valence-corrected chi connectivity index (χ1v) is 14.4. The molecule has 36 heavy (non-hydrogen) atoms. The van der Waals surface area contributed by atoms with E-state index in [1.807, 2.05) is 39.0 Å². The Morgan fingerprint density at radius 3 is 2.50 bits per heavy atom. The zero-order valence-electron chi connectivity index (χ0n) is 22.0. The number of carbonyl (C=O) groups excluding carboxylic acids is 3. The van der Waals surface area contributed by atoms with Crippen molar-refractivity contribution in [3.63, 3.8) is 0 Å². The summed E-state index contributed by atoms with van der Waals surface area (Å²) in [5.41, 5.74) is 2.79. The number of fused-ring (bicyclic) bond motifs is 1. The number of para-hydroxylation sites is 1. The summed E-state index contributed by atoms with van der Waals surface area (Å²) in [6, 6.07) is 5.33. The first-order chi connectivity index (χ1) is 17.3. The van der Waals surface area contributed by atoms with Crippen LogP contribution in [0.1, 0.15) is 63.5 Å². The lowest BCUT2D eigenvalue weighted by atomic mass is 9.66. The maximum atomic E-state index is 14.1. The van der Waals surface area contributed by atoms with Crippen molar-refractivity contribution in [2.75, 3.05) is 25.0 Å². The number of likely N-dealkylation sites (tertiary alicyclic amines) is 1. The third-order valence-electron chi connectivity index (χ3n) is 8.38. The van der Waals surface area contributed by atoms with Crippen LogP contribution in [0.25, 0.3) is 0 Å². The van der Waals surface area contributed by atoms with Gasteiger partial charge < -0.3 is 20.6 Å². The molecular formula is C28H41N3O4S. The van der Waals surface area contributed by atoms with Crippen LogP contribution in [0.15, 0.2) is 18.2 Å². The van der Waals surface area contributed by atoms with Gasteiger partial charge in [0.15, 0.2) is 0 Å². The minimum Gasteiger partial charge on any atom is -0.396 e. The fourth-order valence-electron chi connectivity index (χ4n) is 6.68. The number of anilines is 1. The second-order valence-corrected chi connectivity index (χ2v) is 12.3. The van der Waals surface area contributed by atoms with E-state index in [2.05, 4.69) is 17.6 Å². The van der Waals surface area contributed by atoms with Gasteiger partial charge in [-0.1, -0.05) is 44.9 Å². The molecule has 4 rings (SSSR count). The van der Waals surface area contributed by atoms with Crippen LogP contribution < -0.4 is 10.6 Å².